The molecule has 2 fully saturated rings. The van der Waals surface area contributed by atoms with E-state index in [-0.39, 0.29) is 12.5 Å². The molecule has 0 aliphatic carbocycles. The van der Waals surface area contributed by atoms with E-state index in [1.807, 2.05) is 0 Å². The molecule has 0 bridgehead atoms. The Bertz CT molecular complexity index is 1960. The molecule has 0 aromatic carbocycles. The van der Waals surface area contributed by atoms with Gasteiger partial charge in [-0.15, -0.1) is 0 Å². The summed E-state index contributed by atoms with van der Waals surface area (Å²) >= 11 is 0. The van der Waals surface area contributed by atoms with Crippen LogP contribution in [0.2, 0.25) is 0 Å². The lowest BCUT2D eigenvalue weighted by Crippen LogP contribution is -2.65. The first-order valence-electron chi connectivity index (χ1n) is 42.2. The lowest BCUT2D eigenvalue weighted by molar-refractivity contribution is -0.359. The largest absolute Gasteiger partial charge is 0.394 e. The first kappa shape index (κ1) is 93.5. The van der Waals surface area contributed by atoms with Gasteiger partial charge >= 0.3 is 0 Å². The van der Waals surface area contributed by atoms with Gasteiger partial charge in [0.05, 0.1) is 32.0 Å². The molecule has 12 unspecified atom stereocenters. The fourth-order valence-corrected chi connectivity index (χ4v) is 13.8. The summed E-state index contributed by atoms with van der Waals surface area (Å²) in [5.74, 6) is -0.200. The highest BCUT2D eigenvalue weighted by Gasteiger charge is 2.51. The Morgan fingerprint density at radius 2 is 0.690 bits per heavy atom. The summed E-state index contributed by atoms with van der Waals surface area (Å²) in [6.07, 6.45) is 79.5. The Morgan fingerprint density at radius 3 is 1.06 bits per heavy atom. The molecule has 0 radical (unpaired) electrons. The number of aliphatic hydroxyl groups is 8. The molecule has 0 aromatic rings. The van der Waals surface area contributed by atoms with Gasteiger partial charge in [0.2, 0.25) is 5.91 Å². The third-order valence-corrected chi connectivity index (χ3v) is 20.4. The van der Waals surface area contributed by atoms with E-state index in [0.29, 0.717) is 12.8 Å². The maximum atomic E-state index is 13.4. The van der Waals surface area contributed by atoms with Crippen LogP contribution in [0.1, 0.15) is 373 Å². The molecule has 14 heteroatoms. The van der Waals surface area contributed by atoms with Gasteiger partial charge in [0, 0.05) is 6.42 Å². The van der Waals surface area contributed by atoms with Gasteiger partial charge in [-0.3, -0.25) is 4.79 Å². The SMILES string of the molecule is CC/C=C\C/C=C\C/C=C\C/C=C\C/C=C\C/C=C\CCCCCCCCCCCCCCCCCCCCCCC(=O)NC(COC1OC(CO)C(OC2OC(CO)C(O)C(O)C2O)C(O)C1O)C(O)CCCCCCCCCCCCCCCCCCCCCCCCCCCCC. The van der Waals surface area contributed by atoms with Crippen molar-refractivity contribution in [3.63, 3.8) is 0 Å². The van der Waals surface area contributed by atoms with Crippen LogP contribution in [-0.2, 0) is 23.7 Å². The van der Waals surface area contributed by atoms with Gasteiger partial charge < -0.3 is 65.1 Å². The highest BCUT2D eigenvalue weighted by Crippen LogP contribution is 2.31. The molecule has 100 heavy (non-hydrogen) atoms. The van der Waals surface area contributed by atoms with Crippen LogP contribution < -0.4 is 5.32 Å². The molecule has 0 spiro atoms. The minimum absolute atomic E-state index is 0.200. The van der Waals surface area contributed by atoms with E-state index in [1.165, 1.54) is 257 Å². The fraction of sp³-hybridized carbons (Fsp3) is 0.849. The molecule has 2 heterocycles. The van der Waals surface area contributed by atoms with Gasteiger partial charge in [0.1, 0.15) is 48.8 Å². The van der Waals surface area contributed by atoms with Crippen molar-refractivity contribution in [3.05, 3.63) is 72.9 Å². The smallest absolute Gasteiger partial charge is 0.220 e. The number of rotatable bonds is 71. The number of aliphatic hydroxyl groups excluding tert-OH is 8. The van der Waals surface area contributed by atoms with Crippen LogP contribution in [0.3, 0.4) is 0 Å². The van der Waals surface area contributed by atoms with Gasteiger partial charge in [-0.2, -0.15) is 0 Å². The van der Waals surface area contributed by atoms with Crippen molar-refractivity contribution in [3.8, 4) is 0 Å². The number of hydrogen-bond donors (Lipinski definition) is 9. The quantitative estimate of drug-likeness (QED) is 0.0204. The van der Waals surface area contributed by atoms with Gasteiger partial charge in [-0.1, -0.05) is 376 Å². The minimum atomic E-state index is -1.78. The van der Waals surface area contributed by atoms with Gasteiger partial charge in [0.25, 0.3) is 0 Å². The van der Waals surface area contributed by atoms with Crippen LogP contribution in [0.5, 0.6) is 0 Å². The van der Waals surface area contributed by atoms with E-state index in [4.69, 9.17) is 18.9 Å². The number of amides is 1. The zero-order valence-corrected chi connectivity index (χ0v) is 64.2. The van der Waals surface area contributed by atoms with E-state index >= 15 is 0 Å². The third-order valence-electron chi connectivity index (χ3n) is 20.4. The van der Waals surface area contributed by atoms with Crippen LogP contribution in [0, 0.1) is 0 Å². The molecule has 2 aliphatic heterocycles. The molecule has 1 amide bonds. The summed E-state index contributed by atoms with van der Waals surface area (Å²) in [6, 6.07) is -0.832. The van der Waals surface area contributed by atoms with Crippen LogP contribution in [-0.4, -0.2) is 140 Å². The van der Waals surface area contributed by atoms with Crippen molar-refractivity contribution < 1.29 is 64.6 Å². The molecule has 2 saturated heterocycles. The summed E-state index contributed by atoms with van der Waals surface area (Å²) in [4.78, 5) is 13.4. The summed E-state index contributed by atoms with van der Waals surface area (Å²) in [5, 5.41) is 88.0. The molecule has 12 atom stereocenters. The molecular weight excluding hydrogens is 1250 g/mol. The second-order valence-electron chi connectivity index (χ2n) is 29.6. The number of ether oxygens (including phenoxy) is 4. The molecule has 14 nitrogen and oxygen atoms in total. The average molecular weight is 1410 g/mol. The highest BCUT2D eigenvalue weighted by molar-refractivity contribution is 5.76. The maximum Gasteiger partial charge on any atom is 0.220 e. The minimum Gasteiger partial charge on any atom is -0.394 e. The zero-order valence-electron chi connectivity index (χ0n) is 64.2. The Balaban J connectivity index is 1.57. The predicted molar refractivity (Wildman–Crippen MR) is 415 cm³/mol. The topological polar surface area (TPSA) is 228 Å². The summed E-state index contributed by atoms with van der Waals surface area (Å²) < 4.78 is 23.0. The number of unbranched alkanes of at least 4 members (excludes halogenated alkanes) is 46. The Kier molecular flexibility index (Phi) is 65.0. The van der Waals surface area contributed by atoms with Crippen LogP contribution in [0.4, 0.5) is 0 Å². The van der Waals surface area contributed by atoms with Gasteiger partial charge in [-0.25, -0.2) is 0 Å². The fourth-order valence-electron chi connectivity index (χ4n) is 13.8. The Labute approximate surface area is 612 Å². The number of nitrogens with one attached hydrogen (secondary N) is 1. The van der Waals surface area contributed by atoms with E-state index < -0.39 is 86.8 Å². The molecule has 9 N–H and O–H groups in total. The molecular formula is C86H157NO13. The van der Waals surface area contributed by atoms with E-state index in [0.717, 1.165) is 89.9 Å². The van der Waals surface area contributed by atoms with Crippen molar-refractivity contribution in [1.29, 1.82) is 0 Å². The van der Waals surface area contributed by atoms with Crippen molar-refractivity contribution in [1.82, 2.24) is 5.32 Å². The molecule has 0 saturated carbocycles. The molecule has 0 aromatic heterocycles. The van der Waals surface area contributed by atoms with Crippen molar-refractivity contribution in [2.45, 2.75) is 447 Å². The standard InChI is InChI=1S/C86H157NO13/c1-3-5-7-9-11-13-15-17-19-21-23-25-27-29-31-32-33-34-35-36-37-38-39-40-41-42-44-46-48-50-52-54-56-58-60-62-64-66-68-70-78(91)87-74(73-97-85-83(96)81(94)84(77(72-89)99-85)100-86-82(95)80(93)79(92)76(71-88)98-86)75(90)69-67-65-63-61-59-57-55-53-51-49-47-45-43-30-28-26-24-22-20-18-16-14-12-10-8-6-4-2/h5,7,11,13,17,19,23,25,29,31,33-34,74-77,79-86,88-90,92-96H,3-4,6,8-10,12,14-16,18,20-22,24,26-28,30,32,35-73H2,1-2H3,(H,87,91)/b7-5-,13-11-,19-17-,25-23-,31-29-,34-33-. The van der Waals surface area contributed by atoms with Crippen LogP contribution >= 0.6 is 0 Å². The van der Waals surface area contributed by atoms with Crippen molar-refractivity contribution in [2.75, 3.05) is 19.8 Å². The zero-order chi connectivity index (χ0) is 72.2. The average Bonchev–Trinajstić information content (AvgIpc) is 0.796. The highest BCUT2D eigenvalue weighted by atomic mass is 16.7. The second kappa shape index (κ2) is 69.5. The predicted octanol–water partition coefficient (Wildman–Crippen LogP) is 19.7. The van der Waals surface area contributed by atoms with E-state index in [1.54, 1.807) is 0 Å². The second-order valence-corrected chi connectivity index (χ2v) is 29.6. The lowest BCUT2D eigenvalue weighted by Gasteiger charge is -2.46. The first-order chi connectivity index (χ1) is 49.1. The van der Waals surface area contributed by atoms with Crippen molar-refractivity contribution in [2.24, 2.45) is 0 Å². The normalized spacial score (nSPS) is 22.2. The maximum absolute atomic E-state index is 13.4. The van der Waals surface area contributed by atoms with Crippen LogP contribution in [0.25, 0.3) is 0 Å². The van der Waals surface area contributed by atoms with Gasteiger partial charge in [-0.05, 0) is 64.2 Å². The summed E-state index contributed by atoms with van der Waals surface area (Å²) in [6.45, 7) is 2.81. The van der Waals surface area contributed by atoms with E-state index in [9.17, 15) is 45.6 Å². The molecule has 584 valence electrons. The summed E-state index contributed by atoms with van der Waals surface area (Å²) in [5.41, 5.74) is 0. The van der Waals surface area contributed by atoms with E-state index in [2.05, 4.69) is 92.1 Å². The first-order valence-corrected chi connectivity index (χ1v) is 42.2. The van der Waals surface area contributed by atoms with Gasteiger partial charge in [0.15, 0.2) is 12.6 Å². The Morgan fingerprint density at radius 1 is 0.370 bits per heavy atom. The molecule has 2 aliphatic rings. The number of carbonyl (C=O) groups excluding carboxylic acids is 1. The van der Waals surface area contributed by atoms with Crippen LogP contribution in [0.15, 0.2) is 72.9 Å². The molecule has 2 rings (SSSR count). The summed E-state index contributed by atoms with van der Waals surface area (Å²) in [7, 11) is 0. The van der Waals surface area contributed by atoms with Crippen molar-refractivity contribution >= 4 is 5.91 Å². The Hall–Kier alpha value is -2.57. The monoisotopic (exact) mass is 1410 g/mol. The third kappa shape index (κ3) is 51.6. The number of carbonyl (C=O) groups is 1. The number of allylic oxidation sites excluding steroid dienone is 12. The number of hydrogen-bond acceptors (Lipinski definition) is 13. The lowest BCUT2D eigenvalue weighted by atomic mass is 9.97.